The fourth-order valence-electron chi connectivity index (χ4n) is 2.87. The van der Waals surface area contributed by atoms with E-state index in [0.717, 1.165) is 28.6 Å². The molecule has 7 heteroatoms. The molecule has 1 aliphatic rings. The van der Waals surface area contributed by atoms with Gasteiger partial charge < -0.3 is 9.64 Å². The second-order valence-electron chi connectivity index (χ2n) is 6.31. The molecule has 1 fully saturated rings. The van der Waals surface area contributed by atoms with E-state index in [2.05, 4.69) is 35.2 Å². The monoisotopic (exact) mass is 397 g/mol. The molecular formula is C17H24BrN3O3. The number of hydrogen-bond donors (Lipinski definition) is 2. The Bertz CT molecular complexity index is 607. The quantitative estimate of drug-likeness (QED) is 0.452. The first-order chi connectivity index (χ1) is 11.4. The van der Waals surface area contributed by atoms with Gasteiger partial charge in [-0.3, -0.25) is 15.0 Å². The maximum atomic E-state index is 12.4. The van der Waals surface area contributed by atoms with Crippen molar-refractivity contribution in [3.05, 3.63) is 28.2 Å². The molecular weight excluding hydrogens is 374 g/mol. The lowest BCUT2D eigenvalue weighted by Gasteiger charge is -2.31. The number of piperidine rings is 1. The molecule has 0 radical (unpaired) electrons. The number of rotatable bonds is 5. The summed E-state index contributed by atoms with van der Waals surface area (Å²) in [6.45, 7) is 5.17. The van der Waals surface area contributed by atoms with Gasteiger partial charge in [0.25, 0.3) is 5.91 Å². The standard InChI is InChI=1S/C17H24BrN3O3/c1-11(2)14-8-13(18)5-6-15(14)24-10-16(22)21-7-3-4-12(9-21)17(23)20-19/h5-6,8,11-12H,3-4,7,9-10,19H2,1-2H3,(H,20,23). The first kappa shape index (κ1) is 18.7. The smallest absolute Gasteiger partial charge is 0.260 e. The number of nitrogens with two attached hydrogens (primary N) is 1. The van der Waals surface area contributed by atoms with Crippen molar-refractivity contribution >= 4 is 27.7 Å². The van der Waals surface area contributed by atoms with Crippen LogP contribution in [0.2, 0.25) is 0 Å². The van der Waals surface area contributed by atoms with Gasteiger partial charge in [-0.05, 0) is 42.5 Å². The minimum Gasteiger partial charge on any atom is -0.483 e. The lowest BCUT2D eigenvalue weighted by molar-refractivity contribution is -0.137. The molecule has 1 unspecified atom stereocenters. The Balaban J connectivity index is 1.97. The third-order valence-corrected chi connectivity index (χ3v) is 4.73. The summed E-state index contributed by atoms with van der Waals surface area (Å²) in [5, 5.41) is 0. The average molecular weight is 398 g/mol. The zero-order valence-corrected chi connectivity index (χ0v) is 15.6. The summed E-state index contributed by atoms with van der Waals surface area (Å²) in [5.41, 5.74) is 3.22. The minimum atomic E-state index is -0.244. The Morgan fingerprint density at radius 1 is 1.46 bits per heavy atom. The predicted octanol–water partition coefficient (Wildman–Crippen LogP) is 2.18. The van der Waals surface area contributed by atoms with Crippen LogP contribution in [-0.4, -0.2) is 36.4 Å². The van der Waals surface area contributed by atoms with Crippen molar-refractivity contribution in [2.24, 2.45) is 11.8 Å². The number of carbonyl (C=O) groups is 2. The molecule has 1 atom stereocenters. The van der Waals surface area contributed by atoms with E-state index >= 15 is 0 Å². The van der Waals surface area contributed by atoms with Gasteiger partial charge in [0, 0.05) is 17.6 Å². The van der Waals surface area contributed by atoms with Crippen LogP contribution in [-0.2, 0) is 9.59 Å². The summed E-state index contributed by atoms with van der Waals surface area (Å²) in [5.74, 6) is 5.62. The van der Waals surface area contributed by atoms with Crippen LogP contribution in [0, 0.1) is 5.92 Å². The van der Waals surface area contributed by atoms with Crippen LogP contribution in [0.3, 0.4) is 0 Å². The molecule has 132 valence electrons. The van der Waals surface area contributed by atoms with Crippen LogP contribution in [0.15, 0.2) is 22.7 Å². The van der Waals surface area contributed by atoms with Gasteiger partial charge in [-0.2, -0.15) is 0 Å². The number of benzene rings is 1. The van der Waals surface area contributed by atoms with Gasteiger partial charge in [-0.15, -0.1) is 0 Å². The van der Waals surface area contributed by atoms with Gasteiger partial charge in [-0.1, -0.05) is 29.8 Å². The first-order valence-corrected chi connectivity index (χ1v) is 8.92. The average Bonchev–Trinajstić information content (AvgIpc) is 2.59. The second kappa shape index (κ2) is 8.48. The maximum absolute atomic E-state index is 12.4. The summed E-state index contributed by atoms with van der Waals surface area (Å²) in [4.78, 5) is 25.7. The Hall–Kier alpha value is -1.60. The molecule has 0 spiro atoms. The summed E-state index contributed by atoms with van der Waals surface area (Å²) in [6, 6.07) is 5.77. The zero-order valence-electron chi connectivity index (χ0n) is 14.0. The molecule has 2 rings (SSSR count). The van der Waals surface area contributed by atoms with E-state index in [1.165, 1.54) is 0 Å². The van der Waals surface area contributed by atoms with Gasteiger partial charge in [-0.25, -0.2) is 5.84 Å². The molecule has 24 heavy (non-hydrogen) atoms. The number of nitrogens with zero attached hydrogens (tertiary/aromatic N) is 1. The number of carbonyl (C=O) groups excluding carboxylic acids is 2. The third kappa shape index (κ3) is 4.70. The van der Waals surface area contributed by atoms with E-state index in [4.69, 9.17) is 10.6 Å². The largest absolute Gasteiger partial charge is 0.483 e. The predicted molar refractivity (Wildman–Crippen MR) is 95.4 cm³/mol. The van der Waals surface area contributed by atoms with E-state index in [-0.39, 0.29) is 24.3 Å². The van der Waals surface area contributed by atoms with Crippen LogP contribution in [0.5, 0.6) is 5.75 Å². The van der Waals surface area contributed by atoms with E-state index in [9.17, 15) is 9.59 Å². The Morgan fingerprint density at radius 3 is 2.88 bits per heavy atom. The van der Waals surface area contributed by atoms with Crippen molar-refractivity contribution < 1.29 is 14.3 Å². The molecule has 3 N–H and O–H groups in total. The molecule has 1 aliphatic heterocycles. The number of amides is 2. The van der Waals surface area contributed by atoms with Crippen molar-refractivity contribution in [1.82, 2.24) is 10.3 Å². The van der Waals surface area contributed by atoms with Gasteiger partial charge >= 0.3 is 0 Å². The lowest BCUT2D eigenvalue weighted by atomic mass is 9.97. The van der Waals surface area contributed by atoms with Crippen LogP contribution in [0.4, 0.5) is 0 Å². The normalized spacial score (nSPS) is 17.7. The molecule has 0 bridgehead atoms. The van der Waals surface area contributed by atoms with Gasteiger partial charge in [0.2, 0.25) is 5.91 Å². The van der Waals surface area contributed by atoms with E-state index in [1.807, 2.05) is 18.2 Å². The first-order valence-electron chi connectivity index (χ1n) is 8.12. The molecule has 0 aliphatic carbocycles. The van der Waals surface area contributed by atoms with Crippen molar-refractivity contribution in [3.8, 4) is 5.75 Å². The maximum Gasteiger partial charge on any atom is 0.260 e. The highest BCUT2D eigenvalue weighted by Crippen LogP contribution is 2.29. The number of likely N-dealkylation sites (tertiary alicyclic amines) is 1. The molecule has 6 nitrogen and oxygen atoms in total. The van der Waals surface area contributed by atoms with E-state index in [1.54, 1.807) is 4.90 Å². The van der Waals surface area contributed by atoms with Crippen LogP contribution >= 0.6 is 15.9 Å². The summed E-state index contributed by atoms with van der Waals surface area (Å²) in [6.07, 6.45) is 1.54. The molecule has 1 heterocycles. The minimum absolute atomic E-state index is 0.0294. The summed E-state index contributed by atoms with van der Waals surface area (Å²) in [7, 11) is 0. The van der Waals surface area contributed by atoms with E-state index < -0.39 is 0 Å². The van der Waals surface area contributed by atoms with Crippen LogP contribution < -0.4 is 16.0 Å². The SMILES string of the molecule is CC(C)c1cc(Br)ccc1OCC(=O)N1CCCC(C(=O)NN)C1. The Morgan fingerprint density at radius 2 is 2.21 bits per heavy atom. The second-order valence-corrected chi connectivity index (χ2v) is 7.23. The van der Waals surface area contributed by atoms with Gasteiger partial charge in [0.15, 0.2) is 6.61 Å². The number of hydrogen-bond acceptors (Lipinski definition) is 4. The molecule has 1 aromatic carbocycles. The van der Waals surface area contributed by atoms with Crippen molar-refractivity contribution in [2.45, 2.75) is 32.6 Å². The summed E-state index contributed by atoms with van der Waals surface area (Å²) < 4.78 is 6.74. The third-order valence-electron chi connectivity index (χ3n) is 4.23. The highest BCUT2D eigenvalue weighted by molar-refractivity contribution is 9.10. The molecule has 2 amide bonds. The zero-order chi connectivity index (χ0) is 17.7. The number of nitrogens with one attached hydrogen (secondary N) is 1. The van der Waals surface area contributed by atoms with Crippen molar-refractivity contribution in [1.29, 1.82) is 0 Å². The number of ether oxygens (including phenoxy) is 1. The van der Waals surface area contributed by atoms with Gasteiger partial charge in [0.1, 0.15) is 5.75 Å². The Labute approximate surface area is 150 Å². The number of hydrazine groups is 1. The highest BCUT2D eigenvalue weighted by Gasteiger charge is 2.28. The van der Waals surface area contributed by atoms with Crippen LogP contribution in [0.1, 0.15) is 38.2 Å². The highest BCUT2D eigenvalue weighted by atomic mass is 79.9. The lowest BCUT2D eigenvalue weighted by Crippen LogP contribution is -2.48. The van der Waals surface area contributed by atoms with Crippen molar-refractivity contribution in [2.75, 3.05) is 19.7 Å². The Kier molecular flexibility index (Phi) is 6.62. The van der Waals surface area contributed by atoms with Crippen LogP contribution in [0.25, 0.3) is 0 Å². The molecule has 1 saturated heterocycles. The fraction of sp³-hybridized carbons (Fsp3) is 0.529. The van der Waals surface area contributed by atoms with E-state index in [0.29, 0.717) is 19.0 Å². The molecule has 0 saturated carbocycles. The number of halogens is 1. The molecule has 1 aromatic rings. The molecule has 0 aromatic heterocycles. The van der Waals surface area contributed by atoms with Crippen molar-refractivity contribution in [3.63, 3.8) is 0 Å². The summed E-state index contributed by atoms with van der Waals surface area (Å²) >= 11 is 3.46. The topological polar surface area (TPSA) is 84.7 Å². The van der Waals surface area contributed by atoms with Gasteiger partial charge in [0.05, 0.1) is 5.92 Å². The fourth-order valence-corrected chi connectivity index (χ4v) is 3.25.